The van der Waals surface area contributed by atoms with Gasteiger partial charge in [0.1, 0.15) is 0 Å². The standard InChI is InChI=1S/C18H24N2/c1-3-14-5-7-16(8-6-14)13-18(20-19)17-11-9-15(4-2)10-12-17/h5-12,18,20H,3-4,13,19H2,1-2H3. The van der Waals surface area contributed by atoms with Crippen molar-refractivity contribution in [3.63, 3.8) is 0 Å². The molecule has 3 N–H and O–H groups in total. The minimum absolute atomic E-state index is 0.161. The summed E-state index contributed by atoms with van der Waals surface area (Å²) in [6.07, 6.45) is 3.06. The molecule has 0 aliphatic heterocycles. The molecule has 0 heterocycles. The molecular weight excluding hydrogens is 244 g/mol. The second-order valence-electron chi connectivity index (χ2n) is 5.19. The second-order valence-corrected chi connectivity index (χ2v) is 5.19. The summed E-state index contributed by atoms with van der Waals surface area (Å²) in [5, 5.41) is 0. The fourth-order valence-electron chi connectivity index (χ4n) is 2.41. The summed E-state index contributed by atoms with van der Waals surface area (Å²) in [5.74, 6) is 5.73. The van der Waals surface area contributed by atoms with Crippen LogP contribution in [0.5, 0.6) is 0 Å². The molecule has 0 bridgehead atoms. The highest BCUT2D eigenvalue weighted by Crippen LogP contribution is 2.19. The molecule has 0 saturated carbocycles. The third-order valence-corrected chi connectivity index (χ3v) is 3.86. The molecule has 2 aromatic rings. The largest absolute Gasteiger partial charge is 0.271 e. The van der Waals surface area contributed by atoms with Gasteiger partial charge in [-0.25, -0.2) is 0 Å². The molecule has 0 spiro atoms. The van der Waals surface area contributed by atoms with Gasteiger partial charge in [-0.05, 0) is 41.5 Å². The molecule has 2 aromatic carbocycles. The maximum absolute atomic E-state index is 5.73. The summed E-state index contributed by atoms with van der Waals surface area (Å²) in [7, 11) is 0. The summed E-state index contributed by atoms with van der Waals surface area (Å²) in [6, 6.07) is 17.7. The van der Waals surface area contributed by atoms with E-state index in [1.165, 1.54) is 22.3 Å². The Kier molecular flexibility index (Phi) is 5.33. The van der Waals surface area contributed by atoms with Gasteiger partial charge in [0.2, 0.25) is 0 Å². The van der Waals surface area contributed by atoms with Gasteiger partial charge >= 0.3 is 0 Å². The Hall–Kier alpha value is -1.64. The lowest BCUT2D eigenvalue weighted by Gasteiger charge is -2.17. The molecule has 2 rings (SSSR count). The monoisotopic (exact) mass is 268 g/mol. The third kappa shape index (κ3) is 3.69. The van der Waals surface area contributed by atoms with E-state index in [-0.39, 0.29) is 6.04 Å². The lowest BCUT2D eigenvalue weighted by Crippen LogP contribution is -2.29. The fourth-order valence-corrected chi connectivity index (χ4v) is 2.41. The van der Waals surface area contributed by atoms with E-state index in [1.54, 1.807) is 0 Å². The van der Waals surface area contributed by atoms with Gasteiger partial charge in [-0.2, -0.15) is 0 Å². The summed E-state index contributed by atoms with van der Waals surface area (Å²) < 4.78 is 0. The highest BCUT2D eigenvalue weighted by atomic mass is 15.2. The van der Waals surface area contributed by atoms with Gasteiger partial charge in [-0.3, -0.25) is 11.3 Å². The molecule has 106 valence electrons. The Morgan fingerprint density at radius 1 is 0.800 bits per heavy atom. The first-order valence-electron chi connectivity index (χ1n) is 7.39. The lowest BCUT2D eigenvalue weighted by atomic mass is 9.97. The number of benzene rings is 2. The van der Waals surface area contributed by atoms with E-state index in [2.05, 4.69) is 67.8 Å². The van der Waals surface area contributed by atoms with Crippen LogP contribution >= 0.6 is 0 Å². The van der Waals surface area contributed by atoms with Gasteiger partial charge in [0.05, 0.1) is 0 Å². The highest BCUT2D eigenvalue weighted by molar-refractivity contribution is 5.28. The Morgan fingerprint density at radius 2 is 1.25 bits per heavy atom. The van der Waals surface area contributed by atoms with E-state index in [0.29, 0.717) is 0 Å². The average molecular weight is 268 g/mol. The number of rotatable bonds is 6. The third-order valence-electron chi connectivity index (χ3n) is 3.86. The van der Waals surface area contributed by atoms with Crippen LogP contribution in [0.15, 0.2) is 48.5 Å². The maximum atomic E-state index is 5.73. The molecule has 20 heavy (non-hydrogen) atoms. The zero-order valence-corrected chi connectivity index (χ0v) is 12.4. The van der Waals surface area contributed by atoms with Crippen molar-refractivity contribution >= 4 is 0 Å². The quantitative estimate of drug-likeness (QED) is 0.621. The molecule has 0 aliphatic carbocycles. The van der Waals surface area contributed by atoms with Crippen LogP contribution in [-0.2, 0) is 19.3 Å². The molecule has 2 nitrogen and oxygen atoms in total. The predicted molar refractivity (Wildman–Crippen MR) is 85.4 cm³/mol. The molecule has 0 fully saturated rings. The fraction of sp³-hybridized carbons (Fsp3) is 0.333. The minimum Gasteiger partial charge on any atom is -0.271 e. The van der Waals surface area contributed by atoms with Crippen LogP contribution in [0.3, 0.4) is 0 Å². The minimum atomic E-state index is 0.161. The molecule has 1 atom stereocenters. The molecule has 2 heteroatoms. The van der Waals surface area contributed by atoms with Crippen LogP contribution in [0.4, 0.5) is 0 Å². The number of hydrazine groups is 1. The van der Waals surface area contributed by atoms with Gasteiger partial charge in [0.25, 0.3) is 0 Å². The van der Waals surface area contributed by atoms with Crippen molar-refractivity contribution in [1.29, 1.82) is 0 Å². The first kappa shape index (κ1) is 14.8. The molecule has 0 saturated heterocycles. The van der Waals surface area contributed by atoms with E-state index in [9.17, 15) is 0 Å². The Balaban J connectivity index is 2.10. The highest BCUT2D eigenvalue weighted by Gasteiger charge is 2.10. The van der Waals surface area contributed by atoms with E-state index < -0.39 is 0 Å². The Bertz CT molecular complexity index is 514. The van der Waals surface area contributed by atoms with Crippen LogP contribution in [0.2, 0.25) is 0 Å². The zero-order chi connectivity index (χ0) is 14.4. The van der Waals surface area contributed by atoms with Crippen molar-refractivity contribution in [2.75, 3.05) is 0 Å². The number of aryl methyl sites for hydroxylation is 2. The van der Waals surface area contributed by atoms with Crippen molar-refractivity contribution in [3.05, 3.63) is 70.8 Å². The van der Waals surface area contributed by atoms with Gasteiger partial charge in [-0.15, -0.1) is 0 Å². The van der Waals surface area contributed by atoms with Gasteiger partial charge in [0, 0.05) is 6.04 Å². The first-order valence-corrected chi connectivity index (χ1v) is 7.39. The van der Waals surface area contributed by atoms with Crippen LogP contribution in [0.25, 0.3) is 0 Å². The number of nitrogens with one attached hydrogen (secondary N) is 1. The molecular formula is C18H24N2. The predicted octanol–water partition coefficient (Wildman–Crippen LogP) is 3.56. The Morgan fingerprint density at radius 3 is 1.70 bits per heavy atom. The molecule has 0 radical (unpaired) electrons. The number of hydrogen-bond acceptors (Lipinski definition) is 2. The van der Waals surface area contributed by atoms with Crippen LogP contribution in [0.1, 0.15) is 42.1 Å². The van der Waals surface area contributed by atoms with Crippen molar-refractivity contribution < 1.29 is 0 Å². The van der Waals surface area contributed by atoms with Crippen molar-refractivity contribution in [2.45, 2.75) is 39.2 Å². The smallest absolute Gasteiger partial charge is 0.0500 e. The zero-order valence-electron chi connectivity index (χ0n) is 12.4. The van der Waals surface area contributed by atoms with Crippen molar-refractivity contribution in [3.8, 4) is 0 Å². The first-order chi connectivity index (χ1) is 9.76. The lowest BCUT2D eigenvalue weighted by molar-refractivity contribution is 0.552. The SMILES string of the molecule is CCc1ccc(CC(NN)c2ccc(CC)cc2)cc1. The molecule has 0 aliphatic rings. The number of hydrogen-bond donors (Lipinski definition) is 2. The summed E-state index contributed by atoms with van der Waals surface area (Å²) in [5.41, 5.74) is 8.21. The summed E-state index contributed by atoms with van der Waals surface area (Å²) >= 11 is 0. The summed E-state index contributed by atoms with van der Waals surface area (Å²) in [4.78, 5) is 0. The molecule has 0 aromatic heterocycles. The van der Waals surface area contributed by atoms with Gasteiger partial charge in [-0.1, -0.05) is 62.4 Å². The Labute approximate surface area is 122 Å². The average Bonchev–Trinajstić information content (AvgIpc) is 2.53. The molecule has 1 unspecified atom stereocenters. The van der Waals surface area contributed by atoms with Gasteiger partial charge < -0.3 is 0 Å². The maximum Gasteiger partial charge on any atom is 0.0500 e. The van der Waals surface area contributed by atoms with Crippen LogP contribution in [-0.4, -0.2) is 0 Å². The molecule has 0 amide bonds. The normalized spacial score (nSPS) is 12.3. The van der Waals surface area contributed by atoms with E-state index >= 15 is 0 Å². The van der Waals surface area contributed by atoms with Crippen molar-refractivity contribution in [2.24, 2.45) is 5.84 Å². The second kappa shape index (κ2) is 7.22. The van der Waals surface area contributed by atoms with Crippen molar-refractivity contribution in [1.82, 2.24) is 5.43 Å². The topological polar surface area (TPSA) is 38.0 Å². The van der Waals surface area contributed by atoms with E-state index in [4.69, 9.17) is 5.84 Å². The summed E-state index contributed by atoms with van der Waals surface area (Å²) in [6.45, 7) is 4.34. The van der Waals surface area contributed by atoms with Gasteiger partial charge in [0.15, 0.2) is 0 Å². The van der Waals surface area contributed by atoms with Crippen LogP contribution in [0, 0.1) is 0 Å². The number of nitrogens with two attached hydrogens (primary N) is 1. The van der Waals surface area contributed by atoms with E-state index in [1.807, 2.05) is 0 Å². The van der Waals surface area contributed by atoms with Crippen LogP contribution < -0.4 is 11.3 Å². The van der Waals surface area contributed by atoms with E-state index in [0.717, 1.165) is 19.3 Å².